The summed E-state index contributed by atoms with van der Waals surface area (Å²) in [4.78, 5) is 0. The van der Waals surface area contributed by atoms with Gasteiger partial charge in [0.2, 0.25) is 0 Å². The summed E-state index contributed by atoms with van der Waals surface area (Å²) in [5.74, 6) is 0. The Morgan fingerprint density at radius 3 is 1.64 bits per heavy atom. The first kappa shape index (κ1) is 29.0. The van der Waals surface area contributed by atoms with Crippen molar-refractivity contribution in [3.63, 3.8) is 0 Å². The third kappa shape index (κ3) is 4.08. The standard InChI is InChI=1S/C50H28O2S/c1-2-12-29(13-3-1)30-22-23-44-42(26-30)48-33-16-5-4-14-31(33)40(28-45(48)51-44)47-36-19-8-6-17-34(36)46(35-18-7-9-20-37(35)47)39-27-41-32-15-10-11-21-43(32)52-49(41)50-38(39)24-25-53-50/h1-28H. The van der Waals surface area contributed by atoms with Crippen LogP contribution in [-0.4, -0.2) is 0 Å². The van der Waals surface area contributed by atoms with Gasteiger partial charge in [0.1, 0.15) is 16.7 Å². The van der Waals surface area contributed by atoms with Crippen LogP contribution in [0.2, 0.25) is 0 Å². The normalized spacial score (nSPS) is 12.2. The first-order chi connectivity index (χ1) is 26.3. The van der Waals surface area contributed by atoms with Crippen LogP contribution in [-0.2, 0) is 0 Å². The molecule has 0 fully saturated rings. The molecule has 0 aliphatic rings. The fourth-order valence-electron chi connectivity index (χ4n) is 8.87. The highest BCUT2D eigenvalue weighted by Gasteiger charge is 2.23. The second-order valence-electron chi connectivity index (χ2n) is 13.9. The SMILES string of the molecule is c1ccc(-c2ccc3oc4cc(-c5c6ccccc6c(-c6cc7c8ccccc8oc7c7sccc67)c6ccccc56)c5ccccc5c4c3c2)cc1. The van der Waals surface area contributed by atoms with Crippen LogP contribution in [0.15, 0.2) is 178 Å². The lowest BCUT2D eigenvalue weighted by Gasteiger charge is -2.19. The van der Waals surface area contributed by atoms with E-state index in [1.165, 1.54) is 75.8 Å². The molecule has 3 heterocycles. The van der Waals surface area contributed by atoms with E-state index in [9.17, 15) is 0 Å². The lowest BCUT2D eigenvalue weighted by atomic mass is 9.83. The van der Waals surface area contributed by atoms with Crippen LogP contribution in [0.4, 0.5) is 0 Å². The summed E-state index contributed by atoms with van der Waals surface area (Å²) < 4.78 is 14.4. The molecule has 3 aromatic heterocycles. The van der Waals surface area contributed by atoms with Gasteiger partial charge in [-0.05, 0) is 107 Å². The maximum absolute atomic E-state index is 6.73. The van der Waals surface area contributed by atoms with Crippen molar-refractivity contribution >= 4 is 97.6 Å². The van der Waals surface area contributed by atoms with E-state index in [4.69, 9.17) is 8.83 Å². The molecule has 53 heavy (non-hydrogen) atoms. The van der Waals surface area contributed by atoms with E-state index in [2.05, 4.69) is 163 Å². The van der Waals surface area contributed by atoms with Crippen LogP contribution in [0.3, 0.4) is 0 Å². The van der Waals surface area contributed by atoms with E-state index >= 15 is 0 Å². The molecule has 0 amide bonds. The van der Waals surface area contributed by atoms with Crippen molar-refractivity contribution < 1.29 is 8.83 Å². The molecule has 12 aromatic rings. The first-order valence-corrected chi connectivity index (χ1v) is 18.9. The van der Waals surface area contributed by atoms with Gasteiger partial charge in [-0.15, -0.1) is 11.3 Å². The summed E-state index contributed by atoms with van der Waals surface area (Å²) in [6, 6.07) is 59.1. The minimum atomic E-state index is 0.897. The third-order valence-corrected chi connectivity index (χ3v) is 12.1. The topological polar surface area (TPSA) is 26.3 Å². The van der Waals surface area contributed by atoms with Crippen molar-refractivity contribution in [3.8, 4) is 33.4 Å². The number of fused-ring (bicyclic) bond motifs is 12. The van der Waals surface area contributed by atoms with E-state index in [1.807, 2.05) is 6.07 Å². The molecule has 0 aliphatic heterocycles. The molecular weight excluding hydrogens is 665 g/mol. The maximum Gasteiger partial charge on any atom is 0.153 e. The highest BCUT2D eigenvalue weighted by atomic mass is 32.1. The summed E-state index contributed by atoms with van der Waals surface area (Å²) in [6.45, 7) is 0. The van der Waals surface area contributed by atoms with Crippen LogP contribution in [0, 0.1) is 0 Å². The van der Waals surface area contributed by atoms with E-state index in [1.54, 1.807) is 11.3 Å². The van der Waals surface area contributed by atoms with Gasteiger partial charge in [0.05, 0.1) is 4.70 Å². The third-order valence-electron chi connectivity index (χ3n) is 11.1. The number of hydrogen-bond acceptors (Lipinski definition) is 3. The van der Waals surface area contributed by atoms with Gasteiger partial charge in [0, 0.05) is 26.9 Å². The van der Waals surface area contributed by atoms with Crippen molar-refractivity contribution in [1.82, 2.24) is 0 Å². The Morgan fingerprint density at radius 1 is 0.340 bits per heavy atom. The minimum absolute atomic E-state index is 0.897. The smallest absolute Gasteiger partial charge is 0.153 e. The average molecular weight is 693 g/mol. The van der Waals surface area contributed by atoms with E-state index in [0.29, 0.717) is 0 Å². The molecule has 2 nitrogen and oxygen atoms in total. The molecular formula is C50H28O2S. The van der Waals surface area contributed by atoms with Crippen LogP contribution < -0.4 is 0 Å². The van der Waals surface area contributed by atoms with Crippen LogP contribution in [0.5, 0.6) is 0 Å². The van der Waals surface area contributed by atoms with Gasteiger partial charge in [-0.3, -0.25) is 0 Å². The number of thiophene rings is 1. The van der Waals surface area contributed by atoms with Crippen molar-refractivity contribution in [2.75, 3.05) is 0 Å². The van der Waals surface area contributed by atoms with Crippen molar-refractivity contribution in [3.05, 3.63) is 169 Å². The number of rotatable bonds is 3. The lowest BCUT2D eigenvalue weighted by Crippen LogP contribution is -1.92. The number of para-hydroxylation sites is 1. The number of benzene rings is 9. The van der Waals surface area contributed by atoms with Crippen molar-refractivity contribution in [2.45, 2.75) is 0 Å². The van der Waals surface area contributed by atoms with Crippen LogP contribution in [0.25, 0.3) is 120 Å². The van der Waals surface area contributed by atoms with Gasteiger partial charge in [0.25, 0.3) is 0 Å². The number of furan rings is 2. The predicted octanol–water partition coefficient (Wildman–Crippen LogP) is 15.2. The molecule has 0 atom stereocenters. The fraction of sp³-hybridized carbons (Fsp3) is 0. The van der Waals surface area contributed by atoms with Gasteiger partial charge >= 0.3 is 0 Å². The Morgan fingerprint density at radius 2 is 0.925 bits per heavy atom. The van der Waals surface area contributed by atoms with E-state index in [-0.39, 0.29) is 0 Å². The maximum atomic E-state index is 6.73. The molecule has 0 spiro atoms. The van der Waals surface area contributed by atoms with Crippen molar-refractivity contribution in [1.29, 1.82) is 0 Å². The Kier molecular flexibility index (Phi) is 5.96. The fourth-order valence-corrected chi connectivity index (χ4v) is 9.77. The molecule has 0 unspecified atom stereocenters. The summed E-state index contributed by atoms with van der Waals surface area (Å²) in [5, 5.41) is 15.3. The molecule has 0 saturated carbocycles. The van der Waals surface area contributed by atoms with Crippen LogP contribution >= 0.6 is 11.3 Å². The molecule has 0 N–H and O–H groups in total. The Balaban J connectivity index is 1.19. The summed E-state index contributed by atoms with van der Waals surface area (Å²) in [7, 11) is 0. The van der Waals surface area contributed by atoms with Gasteiger partial charge in [0.15, 0.2) is 5.58 Å². The molecule has 0 radical (unpaired) electrons. The zero-order valence-electron chi connectivity index (χ0n) is 28.4. The Bertz CT molecular complexity index is 3390. The van der Waals surface area contributed by atoms with Crippen LogP contribution in [0.1, 0.15) is 0 Å². The predicted molar refractivity (Wildman–Crippen MR) is 225 cm³/mol. The molecule has 0 aliphatic carbocycles. The molecule has 12 rings (SSSR count). The Labute approximate surface area is 307 Å². The largest absolute Gasteiger partial charge is 0.456 e. The quantitative estimate of drug-likeness (QED) is 0.172. The van der Waals surface area contributed by atoms with Crippen molar-refractivity contribution in [2.24, 2.45) is 0 Å². The monoisotopic (exact) mass is 692 g/mol. The molecule has 0 saturated heterocycles. The molecule has 9 aromatic carbocycles. The highest BCUT2D eigenvalue weighted by Crippen LogP contribution is 2.50. The lowest BCUT2D eigenvalue weighted by molar-refractivity contribution is 0.669. The summed E-state index contributed by atoms with van der Waals surface area (Å²) in [5.41, 5.74) is 10.9. The zero-order valence-corrected chi connectivity index (χ0v) is 29.2. The first-order valence-electron chi connectivity index (χ1n) is 18.0. The minimum Gasteiger partial charge on any atom is -0.456 e. The van der Waals surface area contributed by atoms with E-state index < -0.39 is 0 Å². The molecule has 0 bridgehead atoms. The summed E-state index contributed by atoms with van der Waals surface area (Å²) >= 11 is 1.75. The van der Waals surface area contributed by atoms with Gasteiger partial charge in [-0.2, -0.15) is 0 Å². The highest BCUT2D eigenvalue weighted by molar-refractivity contribution is 7.18. The van der Waals surface area contributed by atoms with E-state index in [0.717, 1.165) is 43.9 Å². The molecule has 246 valence electrons. The van der Waals surface area contributed by atoms with Gasteiger partial charge in [-0.25, -0.2) is 0 Å². The Hall–Kier alpha value is -6.68. The van der Waals surface area contributed by atoms with Gasteiger partial charge < -0.3 is 8.83 Å². The molecule has 3 heteroatoms. The second-order valence-corrected chi connectivity index (χ2v) is 14.8. The number of hydrogen-bond donors (Lipinski definition) is 0. The summed E-state index contributed by atoms with van der Waals surface area (Å²) in [6.07, 6.45) is 0. The average Bonchev–Trinajstić information content (AvgIpc) is 3.95. The second kappa shape index (κ2) is 10.9. The van der Waals surface area contributed by atoms with Gasteiger partial charge in [-0.1, -0.05) is 127 Å². The zero-order chi connectivity index (χ0) is 34.6.